The molecule has 102 valence electrons. The zero-order chi connectivity index (χ0) is 13.6. The summed E-state index contributed by atoms with van der Waals surface area (Å²) in [4.78, 5) is 2.05. The minimum atomic E-state index is -3.87. The number of rotatable bonds is 7. The quantitative estimate of drug-likeness (QED) is 0.767. The fraction of sp³-hybridized carbons (Fsp3) is 0.500. The fourth-order valence-electron chi connectivity index (χ4n) is 1.70. The summed E-state index contributed by atoms with van der Waals surface area (Å²) >= 11 is 0. The molecule has 0 aliphatic carbocycles. The smallest absolute Gasteiger partial charge is 0.264 e. The van der Waals surface area contributed by atoms with Crippen LogP contribution in [0.15, 0.2) is 24.3 Å². The Morgan fingerprint density at radius 1 is 1.28 bits per heavy atom. The van der Waals surface area contributed by atoms with Crippen molar-refractivity contribution >= 4 is 15.8 Å². The first-order valence-electron chi connectivity index (χ1n) is 5.80. The van der Waals surface area contributed by atoms with Crippen LogP contribution in [-0.2, 0) is 10.1 Å². The second kappa shape index (κ2) is 6.61. The van der Waals surface area contributed by atoms with Gasteiger partial charge in [0.15, 0.2) is 0 Å². The second-order valence-electron chi connectivity index (χ2n) is 3.92. The Morgan fingerprint density at radius 2 is 1.89 bits per heavy atom. The number of methoxy groups -OCH3 is 1. The lowest BCUT2D eigenvalue weighted by Gasteiger charge is -2.23. The van der Waals surface area contributed by atoms with Crippen LogP contribution in [0.3, 0.4) is 0 Å². The highest BCUT2D eigenvalue weighted by Crippen LogP contribution is 2.19. The summed E-state index contributed by atoms with van der Waals surface area (Å²) in [5.41, 5.74) is 1.01. The molecule has 0 saturated carbocycles. The van der Waals surface area contributed by atoms with Crippen molar-refractivity contribution in [3.8, 4) is 5.75 Å². The lowest BCUT2D eigenvalue weighted by molar-refractivity contribution is 0.415. The number of nitrogens with zero attached hydrogens (tertiary/aromatic N) is 1. The first-order valence-corrected chi connectivity index (χ1v) is 7.41. The van der Waals surface area contributed by atoms with Gasteiger partial charge < -0.3 is 9.64 Å². The monoisotopic (exact) mass is 273 g/mol. The van der Waals surface area contributed by atoms with Gasteiger partial charge in [0.2, 0.25) is 0 Å². The van der Waals surface area contributed by atoms with Gasteiger partial charge in [-0.25, -0.2) is 0 Å². The van der Waals surface area contributed by atoms with E-state index in [2.05, 4.69) is 0 Å². The average Bonchev–Trinajstić information content (AvgIpc) is 2.34. The summed E-state index contributed by atoms with van der Waals surface area (Å²) in [7, 11) is -2.26. The summed E-state index contributed by atoms with van der Waals surface area (Å²) < 4.78 is 35.0. The zero-order valence-electron chi connectivity index (χ0n) is 10.7. The first kappa shape index (κ1) is 14.8. The molecule has 0 atom stereocenters. The van der Waals surface area contributed by atoms with Crippen LogP contribution in [0.25, 0.3) is 0 Å². The van der Waals surface area contributed by atoms with Gasteiger partial charge >= 0.3 is 0 Å². The lowest BCUT2D eigenvalue weighted by atomic mass is 10.2. The molecule has 0 aliphatic heterocycles. The molecular formula is C12H19NO4S. The molecule has 5 nitrogen and oxygen atoms in total. The highest BCUT2D eigenvalue weighted by atomic mass is 32.2. The van der Waals surface area contributed by atoms with E-state index in [0.29, 0.717) is 13.0 Å². The summed E-state index contributed by atoms with van der Waals surface area (Å²) in [5.74, 6) is 0.576. The molecule has 0 fully saturated rings. The van der Waals surface area contributed by atoms with Gasteiger partial charge in [-0.1, -0.05) is 0 Å². The highest BCUT2D eigenvalue weighted by molar-refractivity contribution is 7.85. The van der Waals surface area contributed by atoms with Crippen molar-refractivity contribution in [1.82, 2.24) is 0 Å². The van der Waals surface area contributed by atoms with Crippen molar-refractivity contribution in [2.24, 2.45) is 0 Å². The fourth-order valence-corrected chi connectivity index (χ4v) is 2.19. The maximum Gasteiger partial charge on any atom is 0.264 e. The predicted molar refractivity (Wildman–Crippen MR) is 71.9 cm³/mol. The second-order valence-corrected chi connectivity index (χ2v) is 5.49. The van der Waals surface area contributed by atoms with E-state index in [1.807, 2.05) is 36.1 Å². The number of ether oxygens (including phenoxy) is 1. The van der Waals surface area contributed by atoms with E-state index < -0.39 is 10.1 Å². The summed E-state index contributed by atoms with van der Waals surface area (Å²) in [6, 6.07) is 7.58. The van der Waals surface area contributed by atoms with Crippen LogP contribution < -0.4 is 9.64 Å². The maximum absolute atomic E-state index is 10.6. The average molecular weight is 273 g/mol. The number of hydrogen-bond acceptors (Lipinski definition) is 4. The Morgan fingerprint density at radius 3 is 2.33 bits per heavy atom. The predicted octanol–water partition coefficient (Wildman–Crippen LogP) is 1.80. The van der Waals surface area contributed by atoms with Crippen LogP contribution in [-0.4, -0.2) is 38.9 Å². The molecule has 0 unspecified atom stereocenters. The summed E-state index contributed by atoms with van der Waals surface area (Å²) in [6.45, 7) is 3.36. The molecule has 1 aromatic rings. The van der Waals surface area contributed by atoms with E-state index in [0.717, 1.165) is 18.0 Å². The van der Waals surface area contributed by atoms with Crippen LogP contribution in [0.5, 0.6) is 5.75 Å². The Bertz CT molecular complexity index is 455. The molecular weight excluding hydrogens is 254 g/mol. The first-order chi connectivity index (χ1) is 8.46. The van der Waals surface area contributed by atoms with Gasteiger partial charge in [-0.3, -0.25) is 4.55 Å². The third-order valence-corrected chi connectivity index (χ3v) is 3.45. The summed E-state index contributed by atoms with van der Waals surface area (Å²) in [6.07, 6.45) is 0.401. The van der Waals surface area contributed by atoms with E-state index in [4.69, 9.17) is 9.29 Å². The van der Waals surface area contributed by atoms with Gasteiger partial charge in [0, 0.05) is 18.8 Å². The molecule has 0 heterocycles. The summed E-state index contributed by atoms with van der Waals surface area (Å²) in [5, 5.41) is 0. The molecule has 0 spiro atoms. The molecule has 1 rings (SSSR count). The third-order valence-electron chi connectivity index (χ3n) is 2.65. The highest BCUT2D eigenvalue weighted by Gasteiger charge is 2.08. The molecule has 1 N–H and O–H groups in total. The van der Waals surface area contributed by atoms with Crippen LogP contribution in [0.2, 0.25) is 0 Å². The molecule has 0 aliphatic rings. The van der Waals surface area contributed by atoms with Crippen molar-refractivity contribution in [3.05, 3.63) is 24.3 Å². The SMILES string of the molecule is CCN(CCCS(=O)(=O)O)c1ccc(OC)cc1. The molecule has 18 heavy (non-hydrogen) atoms. The largest absolute Gasteiger partial charge is 0.497 e. The standard InChI is InChI=1S/C12H19NO4S/c1-3-13(9-4-10-18(14,15)16)11-5-7-12(17-2)8-6-11/h5-8H,3-4,9-10H2,1-2H3,(H,14,15,16). The van der Waals surface area contributed by atoms with Crippen molar-refractivity contribution in [3.63, 3.8) is 0 Å². The van der Waals surface area contributed by atoms with E-state index >= 15 is 0 Å². The van der Waals surface area contributed by atoms with E-state index in [9.17, 15) is 8.42 Å². The van der Waals surface area contributed by atoms with Crippen molar-refractivity contribution < 1.29 is 17.7 Å². The van der Waals surface area contributed by atoms with Gasteiger partial charge in [-0.2, -0.15) is 8.42 Å². The third kappa shape index (κ3) is 4.93. The van der Waals surface area contributed by atoms with Crippen LogP contribution in [0, 0.1) is 0 Å². The molecule has 6 heteroatoms. The molecule has 0 saturated heterocycles. The Balaban J connectivity index is 2.59. The molecule has 0 bridgehead atoms. The van der Waals surface area contributed by atoms with Crippen LogP contribution in [0.1, 0.15) is 13.3 Å². The minimum Gasteiger partial charge on any atom is -0.497 e. The lowest BCUT2D eigenvalue weighted by Crippen LogP contribution is -2.25. The number of hydrogen-bond donors (Lipinski definition) is 1. The van der Waals surface area contributed by atoms with Crippen molar-refractivity contribution in [2.45, 2.75) is 13.3 Å². The number of anilines is 1. The van der Waals surface area contributed by atoms with E-state index in [1.165, 1.54) is 0 Å². The van der Waals surface area contributed by atoms with E-state index in [1.54, 1.807) is 7.11 Å². The Hall–Kier alpha value is -1.27. The zero-order valence-corrected chi connectivity index (χ0v) is 11.5. The molecule has 0 radical (unpaired) electrons. The topological polar surface area (TPSA) is 66.8 Å². The van der Waals surface area contributed by atoms with Crippen molar-refractivity contribution in [1.29, 1.82) is 0 Å². The van der Waals surface area contributed by atoms with Gasteiger partial charge in [0.05, 0.1) is 12.9 Å². The minimum absolute atomic E-state index is 0.209. The maximum atomic E-state index is 10.6. The Kier molecular flexibility index (Phi) is 5.43. The normalized spacial score (nSPS) is 11.3. The van der Waals surface area contributed by atoms with Crippen LogP contribution >= 0.6 is 0 Å². The van der Waals surface area contributed by atoms with Crippen molar-refractivity contribution in [2.75, 3.05) is 30.9 Å². The molecule has 0 aromatic heterocycles. The van der Waals surface area contributed by atoms with Gasteiger partial charge in [0.1, 0.15) is 5.75 Å². The molecule has 1 aromatic carbocycles. The number of benzene rings is 1. The van der Waals surface area contributed by atoms with Crippen LogP contribution in [0.4, 0.5) is 5.69 Å². The molecule has 0 amide bonds. The van der Waals surface area contributed by atoms with Gasteiger partial charge in [0.25, 0.3) is 10.1 Å². The van der Waals surface area contributed by atoms with Gasteiger partial charge in [-0.15, -0.1) is 0 Å². The Labute approximate surface area is 108 Å². The van der Waals surface area contributed by atoms with Gasteiger partial charge in [-0.05, 0) is 37.6 Å². The van der Waals surface area contributed by atoms with E-state index in [-0.39, 0.29) is 5.75 Å².